The normalized spacial score (nSPS) is 27.5. The standard InChI is InChI=1S/C50H57Cl2FN8O6/c1-58-39-25-29(12-17-37(39)61(48(58)67)38-18-19-40(62)56-45(38)64)7-6-22-59-23-24-60(41(63)28-59)27-30-10-14-32(15-11-30)54-46(65)44-42(33-8-5-9-35(52)43(33)53)50(49(57-44)20-3-2-4-21-49)34-16-13-31(51)26-36(34)55-47(50)66/h5,8-9,12-13,16-17,25-26,30,32,38,42,44,57H,2-4,6-7,10-11,14-15,18-24,27-28H2,1H3,(H,54,65)(H,55,66)(H,56,62,64)/t30?,32?,38?,42-,44+,50+/m0/s1. The van der Waals surface area contributed by atoms with Gasteiger partial charge in [0.1, 0.15) is 17.3 Å². The summed E-state index contributed by atoms with van der Waals surface area (Å²) in [5.41, 5.74) is 1.60. The summed E-state index contributed by atoms with van der Waals surface area (Å²) in [5.74, 6) is -2.40. The summed E-state index contributed by atoms with van der Waals surface area (Å²) in [4.78, 5) is 84.6. The largest absolute Gasteiger partial charge is 0.352 e. The molecule has 17 heteroatoms. The number of piperidine rings is 1. The molecule has 354 valence electrons. The SMILES string of the molecule is Cn1c(=O)n(C2CCC(=O)NC2=O)c2ccc(CCCN3CCN(CC4CCC(NC(=O)[C@@H]5NC6(CCCCC6)[C@@]6(C(=O)Nc7cc(Cl)ccc76)[C@H]5c5cccc(Cl)c5F)CC4)C(=O)C3)cc21. The van der Waals surface area contributed by atoms with Gasteiger partial charge in [-0.25, -0.2) is 9.18 Å². The molecule has 4 atom stereocenters. The summed E-state index contributed by atoms with van der Waals surface area (Å²) in [6.45, 7) is 3.22. The Hall–Kier alpha value is -5.09. The predicted molar refractivity (Wildman–Crippen MR) is 252 cm³/mol. The highest BCUT2D eigenvalue weighted by molar-refractivity contribution is 6.31. The third-order valence-corrected chi connectivity index (χ3v) is 16.5. The van der Waals surface area contributed by atoms with Gasteiger partial charge < -0.3 is 15.5 Å². The highest BCUT2D eigenvalue weighted by Gasteiger charge is 2.72. The molecule has 6 aliphatic rings. The number of rotatable bonds is 10. The number of aryl methyl sites for hydroxylation is 2. The van der Waals surface area contributed by atoms with Gasteiger partial charge in [0.25, 0.3) is 0 Å². The summed E-state index contributed by atoms with van der Waals surface area (Å²) >= 11 is 12.9. The molecule has 1 aromatic heterocycles. The summed E-state index contributed by atoms with van der Waals surface area (Å²) in [6.07, 6.45) is 9.28. The van der Waals surface area contributed by atoms with E-state index in [0.29, 0.717) is 54.6 Å². The Morgan fingerprint density at radius 1 is 0.896 bits per heavy atom. The van der Waals surface area contributed by atoms with Crippen molar-refractivity contribution < 1.29 is 28.4 Å². The van der Waals surface area contributed by atoms with Gasteiger partial charge in [-0.2, -0.15) is 0 Å². The number of piperazine rings is 1. The number of carbonyl (C=O) groups excluding carboxylic acids is 5. The van der Waals surface area contributed by atoms with Gasteiger partial charge in [0, 0.05) is 61.3 Å². The first kappa shape index (κ1) is 45.7. The van der Waals surface area contributed by atoms with Crippen LogP contribution in [0, 0.1) is 11.7 Å². The van der Waals surface area contributed by atoms with Crippen LogP contribution in [-0.2, 0) is 42.9 Å². The summed E-state index contributed by atoms with van der Waals surface area (Å²) in [7, 11) is 1.69. The Labute approximate surface area is 398 Å². The second kappa shape index (κ2) is 18.1. The van der Waals surface area contributed by atoms with E-state index in [0.717, 1.165) is 87.5 Å². The highest BCUT2D eigenvalue weighted by atomic mass is 35.5. The molecule has 67 heavy (non-hydrogen) atoms. The maximum Gasteiger partial charge on any atom is 0.329 e. The van der Waals surface area contributed by atoms with Crippen molar-refractivity contribution in [3.63, 3.8) is 0 Å². The lowest BCUT2D eigenvalue weighted by Gasteiger charge is -2.47. The molecule has 5 fully saturated rings. The quantitative estimate of drug-likeness (QED) is 0.144. The van der Waals surface area contributed by atoms with Crippen molar-refractivity contribution in [1.82, 2.24) is 34.9 Å². The molecule has 0 radical (unpaired) electrons. The average molecular weight is 956 g/mol. The zero-order valence-corrected chi connectivity index (χ0v) is 39.2. The van der Waals surface area contributed by atoms with Crippen molar-refractivity contribution in [1.29, 1.82) is 0 Å². The van der Waals surface area contributed by atoms with Gasteiger partial charge in [0.05, 0.1) is 28.6 Å². The zero-order chi connectivity index (χ0) is 46.8. The van der Waals surface area contributed by atoms with Crippen LogP contribution in [0.3, 0.4) is 0 Å². The van der Waals surface area contributed by atoms with E-state index >= 15 is 4.39 Å². The number of hydrogen-bond acceptors (Lipinski definition) is 8. The molecule has 3 aromatic carbocycles. The summed E-state index contributed by atoms with van der Waals surface area (Å²) in [5, 5.41) is 12.9. The number of imidazole rings is 1. The molecule has 4 aromatic rings. The second-order valence-electron chi connectivity index (χ2n) is 19.8. The molecule has 2 aliphatic carbocycles. The Bertz CT molecular complexity index is 2730. The third-order valence-electron chi connectivity index (χ3n) is 16.0. The average Bonchev–Trinajstić information content (AvgIpc) is 3.86. The van der Waals surface area contributed by atoms with Crippen LogP contribution in [-0.4, -0.2) is 98.8 Å². The molecule has 5 heterocycles. The van der Waals surface area contributed by atoms with E-state index in [1.807, 2.05) is 29.2 Å². The fraction of sp³-hybridized carbons (Fsp3) is 0.520. The van der Waals surface area contributed by atoms with Gasteiger partial charge in [-0.3, -0.25) is 48.6 Å². The third kappa shape index (κ3) is 7.96. The molecule has 2 saturated carbocycles. The van der Waals surface area contributed by atoms with Crippen molar-refractivity contribution in [3.05, 3.63) is 97.6 Å². The van der Waals surface area contributed by atoms with Crippen molar-refractivity contribution in [3.8, 4) is 0 Å². The number of aromatic nitrogens is 2. The van der Waals surface area contributed by atoms with Gasteiger partial charge >= 0.3 is 5.69 Å². The van der Waals surface area contributed by atoms with Gasteiger partial charge in [-0.15, -0.1) is 0 Å². The van der Waals surface area contributed by atoms with Crippen LogP contribution < -0.4 is 27.0 Å². The molecular formula is C50H57Cl2FN8O6. The molecule has 4 aliphatic heterocycles. The van der Waals surface area contributed by atoms with Crippen LogP contribution in [0.5, 0.6) is 0 Å². The van der Waals surface area contributed by atoms with Gasteiger partial charge in [-0.05, 0) is 117 Å². The first-order valence-electron chi connectivity index (χ1n) is 23.9. The van der Waals surface area contributed by atoms with Crippen LogP contribution in [0.1, 0.15) is 106 Å². The zero-order valence-electron chi connectivity index (χ0n) is 37.7. The lowest BCUT2D eigenvalue weighted by atomic mass is 9.55. The van der Waals surface area contributed by atoms with Crippen LogP contribution in [0.4, 0.5) is 10.1 Å². The molecule has 14 nitrogen and oxygen atoms in total. The minimum atomic E-state index is -1.29. The molecule has 4 N–H and O–H groups in total. The number of hydrogen-bond donors (Lipinski definition) is 4. The number of amides is 5. The van der Waals surface area contributed by atoms with E-state index in [4.69, 9.17) is 23.2 Å². The molecule has 2 spiro atoms. The van der Waals surface area contributed by atoms with E-state index in [1.165, 1.54) is 10.6 Å². The number of imide groups is 1. The Morgan fingerprint density at radius 3 is 2.45 bits per heavy atom. The van der Waals surface area contributed by atoms with E-state index in [2.05, 4.69) is 26.2 Å². The van der Waals surface area contributed by atoms with Gasteiger partial charge in [-0.1, -0.05) is 66.7 Å². The first-order chi connectivity index (χ1) is 32.3. The fourth-order valence-electron chi connectivity index (χ4n) is 12.8. The van der Waals surface area contributed by atoms with Crippen LogP contribution in [0.2, 0.25) is 10.0 Å². The molecule has 3 saturated heterocycles. The molecule has 5 amide bonds. The van der Waals surface area contributed by atoms with E-state index in [1.54, 1.807) is 35.9 Å². The number of fused-ring (bicyclic) bond motifs is 4. The fourth-order valence-corrected chi connectivity index (χ4v) is 13.1. The van der Waals surface area contributed by atoms with Crippen LogP contribution in [0.15, 0.2) is 59.4 Å². The number of nitrogens with one attached hydrogen (secondary N) is 4. The van der Waals surface area contributed by atoms with Gasteiger partial charge in [0.15, 0.2) is 0 Å². The number of benzene rings is 3. The van der Waals surface area contributed by atoms with Gasteiger partial charge in [0.2, 0.25) is 29.5 Å². The van der Waals surface area contributed by atoms with Crippen LogP contribution in [0.25, 0.3) is 11.0 Å². The predicted octanol–water partition coefficient (Wildman–Crippen LogP) is 5.86. The molecule has 0 bridgehead atoms. The maximum atomic E-state index is 16.3. The Balaban J connectivity index is 0.749. The molecule has 10 rings (SSSR count). The van der Waals surface area contributed by atoms with E-state index in [-0.39, 0.29) is 58.8 Å². The minimum Gasteiger partial charge on any atom is -0.352 e. The smallest absolute Gasteiger partial charge is 0.329 e. The number of halogens is 3. The molecular weight excluding hydrogens is 899 g/mol. The summed E-state index contributed by atoms with van der Waals surface area (Å²) < 4.78 is 19.4. The highest BCUT2D eigenvalue weighted by Crippen LogP contribution is 2.63. The number of carbonyl (C=O) groups is 5. The Kier molecular flexibility index (Phi) is 12.3. The number of nitrogens with zero attached hydrogens (tertiary/aromatic N) is 4. The first-order valence-corrected chi connectivity index (χ1v) is 24.7. The summed E-state index contributed by atoms with van der Waals surface area (Å²) in [6, 6.07) is 14.3. The van der Waals surface area contributed by atoms with E-state index < -0.39 is 40.7 Å². The number of anilines is 1. The maximum absolute atomic E-state index is 16.3. The van der Waals surface area contributed by atoms with Crippen molar-refractivity contribution in [2.45, 2.75) is 118 Å². The topological polar surface area (TPSA) is 167 Å². The molecule has 1 unspecified atom stereocenters. The van der Waals surface area contributed by atoms with Crippen molar-refractivity contribution >= 4 is 69.5 Å². The minimum absolute atomic E-state index is 0.0622. The van der Waals surface area contributed by atoms with Crippen LogP contribution >= 0.6 is 23.2 Å². The second-order valence-corrected chi connectivity index (χ2v) is 20.6. The van der Waals surface area contributed by atoms with E-state index in [9.17, 15) is 28.8 Å². The Morgan fingerprint density at radius 2 is 1.69 bits per heavy atom. The monoisotopic (exact) mass is 954 g/mol. The lowest BCUT2D eigenvalue weighted by molar-refractivity contribution is -0.137. The van der Waals surface area contributed by atoms with Crippen molar-refractivity contribution in [2.75, 3.05) is 38.0 Å². The lowest BCUT2D eigenvalue weighted by Crippen LogP contribution is -2.60. The van der Waals surface area contributed by atoms with Crippen molar-refractivity contribution in [2.24, 2.45) is 13.0 Å².